The zero-order valence-electron chi connectivity index (χ0n) is 13.3. The fourth-order valence-corrected chi connectivity index (χ4v) is 2.87. The van der Waals surface area contributed by atoms with E-state index in [-0.39, 0.29) is 18.6 Å². The molecule has 0 aliphatic carbocycles. The number of hydrogen-bond donors (Lipinski definition) is 1. The number of carbonyl (C=O) groups is 2. The van der Waals surface area contributed by atoms with Gasteiger partial charge in [-0.3, -0.25) is 4.79 Å². The third-order valence-corrected chi connectivity index (χ3v) is 4.45. The molecule has 0 bridgehead atoms. The molecule has 0 aliphatic rings. The van der Waals surface area contributed by atoms with Crippen LogP contribution < -0.4 is 5.32 Å². The number of benzene rings is 1. The lowest BCUT2D eigenvalue weighted by Crippen LogP contribution is -2.30. The highest BCUT2D eigenvalue weighted by molar-refractivity contribution is 7.10. The van der Waals surface area contributed by atoms with Gasteiger partial charge in [0.2, 0.25) is 0 Å². The number of esters is 1. The number of rotatable bonds is 6. The van der Waals surface area contributed by atoms with Crippen molar-refractivity contribution < 1.29 is 14.3 Å². The van der Waals surface area contributed by atoms with E-state index in [1.807, 2.05) is 24.4 Å². The lowest BCUT2D eigenvalue weighted by molar-refractivity contribution is -0.124. The average molecular weight is 357 g/mol. The second kappa shape index (κ2) is 7.67. The van der Waals surface area contributed by atoms with Crippen LogP contribution in [0.3, 0.4) is 0 Å². The van der Waals surface area contributed by atoms with E-state index in [2.05, 4.69) is 20.8 Å². The number of carbonyl (C=O) groups excluding carboxylic acids is 2. The van der Waals surface area contributed by atoms with E-state index in [0.717, 1.165) is 4.88 Å². The Kier molecular flexibility index (Phi) is 5.14. The predicted octanol–water partition coefficient (Wildman–Crippen LogP) is 1.76. The van der Waals surface area contributed by atoms with Crippen molar-refractivity contribution in [3.8, 4) is 5.69 Å². The third kappa shape index (κ3) is 4.27. The fourth-order valence-electron chi connectivity index (χ4n) is 2.14. The number of hydrogen-bond acceptors (Lipinski definition) is 7. The van der Waals surface area contributed by atoms with Crippen LogP contribution in [0.1, 0.15) is 28.2 Å². The molecule has 2 heterocycles. The van der Waals surface area contributed by atoms with Crippen molar-refractivity contribution >= 4 is 23.2 Å². The van der Waals surface area contributed by atoms with Crippen LogP contribution in [0.4, 0.5) is 0 Å². The first-order valence-electron chi connectivity index (χ1n) is 7.47. The first-order chi connectivity index (χ1) is 12.1. The zero-order valence-corrected chi connectivity index (χ0v) is 14.1. The number of amides is 1. The second-order valence-corrected chi connectivity index (χ2v) is 6.16. The van der Waals surface area contributed by atoms with Crippen LogP contribution in [0.25, 0.3) is 5.69 Å². The quantitative estimate of drug-likeness (QED) is 0.675. The summed E-state index contributed by atoms with van der Waals surface area (Å²) in [6.07, 6.45) is 1.45. The van der Waals surface area contributed by atoms with Crippen molar-refractivity contribution in [3.63, 3.8) is 0 Å². The molecule has 0 unspecified atom stereocenters. The summed E-state index contributed by atoms with van der Waals surface area (Å²) in [4.78, 5) is 24.9. The number of ether oxygens (including phenoxy) is 1. The standard InChI is InChI=1S/C16H15N5O3S/c1-11(14-3-2-8-25-14)18-15(22)9-24-16(23)12-4-6-13(7-5-12)21-10-17-19-20-21/h2-8,10-11H,9H2,1H3,(H,18,22)/t11-/m0/s1. The lowest BCUT2D eigenvalue weighted by Gasteiger charge is -2.12. The highest BCUT2D eigenvalue weighted by Crippen LogP contribution is 2.17. The number of nitrogens with one attached hydrogen (secondary N) is 1. The number of tetrazole rings is 1. The van der Waals surface area contributed by atoms with Crippen LogP contribution in [-0.2, 0) is 9.53 Å². The van der Waals surface area contributed by atoms with E-state index in [0.29, 0.717) is 11.3 Å². The molecule has 1 aromatic carbocycles. The lowest BCUT2D eigenvalue weighted by atomic mass is 10.2. The molecular weight excluding hydrogens is 342 g/mol. The largest absolute Gasteiger partial charge is 0.452 e. The number of nitrogens with zero attached hydrogens (tertiary/aromatic N) is 4. The maximum absolute atomic E-state index is 12.0. The van der Waals surface area contributed by atoms with E-state index in [1.54, 1.807) is 35.6 Å². The Morgan fingerprint density at radius 3 is 2.72 bits per heavy atom. The summed E-state index contributed by atoms with van der Waals surface area (Å²) >= 11 is 1.56. The summed E-state index contributed by atoms with van der Waals surface area (Å²) in [5.41, 5.74) is 1.06. The van der Waals surface area contributed by atoms with Crippen LogP contribution in [-0.4, -0.2) is 38.7 Å². The van der Waals surface area contributed by atoms with Gasteiger partial charge in [-0.1, -0.05) is 6.07 Å². The minimum atomic E-state index is -0.567. The van der Waals surface area contributed by atoms with E-state index in [4.69, 9.17) is 4.74 Å². The summed E-state index contributed by atoms with van der Waals surface area (Å²) in [7, 11) is 0. The van der Waals surface area contributed by atoms with Gasteiger partial charge in [-0.05, 0) is 53.1 Å². The van der Waals surface area contributed by atoms with Gasteiger partial charge in [0, 0.05) is 4.88 Å². The summed E-state index contributed by atoms with van der Waals surface area (Å²) in [5, 5.41) is 15.6. The number of aromatic nitrogens is 4. The summed E-state index contributed by atoms with van der Waals surface area (Å²) < 4.78 is 6.51. The molecule has 3 aromatic rings. The molecule has 0 radical (unpaired) electrons. The Morgan fingerprint density at radius 1 is 1.28 bits per heavy atom. The SMILES string of the molecule is C[C@H](NC(=O)COC(=O)c1ccc(-n2cnnn2)cc1)c1cccs1. The molecule has 1 atom stereocenters. The third-order valence-electron chi connectivity index (χ3n) is 3.40. The van der Waals surface area contributed by atoms with Crippen molar-refractivity contribution in [1.29, 1.82) is 0 Å². The zero-order chi connectivity index (χ0) is 17.6. The highest BCUT2D eigenvalue weighted by atomic mass is 32.1. The molecule has 25 heavy (non-hydrogen) atoms. The Balaban J connectivity index is 1.51. The van der Waals surface area contributed by atoms with Crippen LogP contribution in [0.5, 0.6) is 0 Å². The normalized spacial score (nSPS) is 11.7. The smallest absolute Gasteiger partial charge is 0.338 e. The molecule has 0 fully saturated rings. The van der Waals surface area contributed by atoms with Crippen molar-refractivity contribution in [2.75, 3.05) is 6.61 Å². The predicted molar refractivity (Wildman–Crippen MR) is 90.3 cm³/mol. The van der Waals surface area contributed by atoms with Gasteiger partial charge in [0.05, 0.1) is 17.3 Å². The monoisotopic (exact) mass is 357 g/mol. The molecule has 9 heteroatoms. The minimum Gasteiger partial charge on any atom is -0.452 e. The van der Waals surface area contributed by atoms with Gasteiger partial charge in [0.25, 0.3) is 5.91 Å². The van der Waals surface area contributed by atoms with Crippen LogP contribution >= 0.6 is 11.3 Å². The molecule has 0 spiro atoms. The summed E-state index contributed by atoms with van der Waals surface area (Å²) in [6, 6.07) is 10.3. The van der Waals surface area contributed by atoms with Gasteiger partial charge >= 0.3 is 5.97 Å². The fraction of sp³-hybridized carbons (Fsp3) is 0.188. The molecule has 0 saturated heterocycles. The van der Waals surface area contributed by atoms with Crippen molar-refractivity contribution in [2.24, 2.45) is 0 Å². The first-order valence-corrected chi connectivity index (χ1v) is 8.35. The van der Waals surface area contributed by atoms with Gasteiger partial charge in [-0.25, -0.2) is 9.48 Å². The van der Waals surface area contributed by atoms with E-state index in [9.17, 15) is 9.59 Å². The van der Waals surface area contributed by atoms with Gasteiger partial charge in [0.1, 0.15) is 6.33 Å². The van der Waals surface area contributed by atoms with Gasteiger partial charge in [0.15, 0.2) is 6.61 Å². The van der Waals surface area contributed by atoms with Gasteiger partial charge < -0.3 is 10.1 Å². The first kappa shape index (κ1) is 16.8. The Morgan fingerprint density at radius 2 is 2.08 bits per heavy atom. The van der Waals surface area contributed by atoms with Crippen molar-refractivity contribution in [2.45, 2.75) is 13.0 Å². The van der Waals surface area contributed by atoms with Crippen LogP contribution in [0.15, 0.2) is 48.1 Å². The molecule has 2 aromatic heterocycles. The number of thiophene rings is 1. The van der Waals surface area contributed by atoms with Crippen molar-refractivity contribution in [3.05, 3.63) is 58.5 Å². The molecule has 1 N–H and O–H groups in total. The average Bonchev–Trinajstić information content (AvgIpc) is 3.33. The van der Waals surface area contributed by atoms with E-state index >= 15 is 0 Å². The maximum atomic E-state index is 12.0. The van der Waals surface area contributed by atoms with Crippen molar-refractivity contribution in [1.82, 2.24) is 25.5 Å². The molecule has 0 saturated carbocycles. The van der Waals surface area contributed by atoms with E-state index < -0.39 is 5.97 Å². The van der Waals surface area contributed by atoms with Gasteiger partial charge in [-0.15, -0.1) is 16.4 Å². The van der Waals surface area contributed by atoms with Crippen LogP contribution in [0.2, 0.25) is 0 Å². The maximum Gasteiger partial charge on any atom is 0.338 e. The molecule has 0 aliphatic heterocycles. The minimum absolute atomic E-state index is 0.123. The van der Waals surface area contributed by atoms with Crippen LogP contribution in [0, 0.1) is 0 Å². The summed E-state index contributed by atoms with van der Waals surface area (Å²) in [5.74, 6) is -0.915. The molecule has 1 amide bonds. The molecule has 3 rings (SSSR count). The molecule has 8 nitrogen and oxygen atoms in total. The highest BCUT2D eigenvalue weighted by Gasteiger charge is 2.13. The molecular formula is C16H15N5O3S. The summed E-state index contributed by atoms with van der Waals surface area (Å²) in [6.45, 7) is 1.55. The Labute approximate surface area is 147 Å². The van der Waals surface area contributed by atoms with E-state index in [1.165, 1.54) is 11.0 Å². The van der Waals surface area contributed by atoms with Gasteiger partial charge in [-0.2, -0.15) is 0 Å². The Hall–Kier alpha value is -3.07. The Bertz CT molecular complexity index is 831. The second-order valence-electron chi connectivity index (χ2n) is 5.18. The molecule has 128 valence electrons. The topological polar surface area (TPSA) is 99.0 Å².